The van der Waals surface area contributed by atoms with E-state index in [1.807, 2.05) is 53.1 Å². The molecule has 0 atom stereocenters. The van der Waals surface area contributed by atoms with Gasteiger partial charge in [0, 0.05) is 30.8 Å². The van der Waals surface area contributed by atoms with E-state index in [9.17, 15) is 9.90 Å². The van der Waals surface area contributed by atoms with Gasteiger partial charge in [-0.1, -0.05) is 37.9 Å². The Morgan fingerprint density at radius 3 is 2.54 bits per heavy atom. The molecule has 0 spiro atoms. The molecule has 0 saturated heterocycles. The predicted octanol–water partition coefficient (Wildman–Crippen LogP) is 5.40. The molecule has 0 saturated carbocycles. The summed E-state index contributed by atoms with van der Waals surface area (Å²) in [5.74, 6) is -0.865. The number of carbonyl (C=O) groups is 1. The van der Waals surface area contributed by atoms with Gasteiger partial charge in [0.15, 0.2) is 0 Å². The van der Waals surface area contributed by atoms with Crippen LogP contribution in [0.15, 0.2) is 57.5 Å². The molecule has 4 nitrogen and oxygen atoms in total. The van der Waals surface area contributed by atoms with Crippen molar-refractivity contribution in [2.75, 3.05) is 0 Å². The van der Waals surface area contributed by atoms with Crippen molar-refractivity contribution in [3.8, 4) is 11.4 Å². The molecule has 2 heterocycles. The van der Waals surface area contributed by atoms with E-state index in [4.69, 9.17) is 0 Å². The summed E-state index contributed by atoms with van der Waals surface area (Å²) < 4.78 is 3.79. The van der Waals surface area contributed by atoms with Crippen LogP contribution < -0.4 is 0 Å². The number of carboxylic acids is 1. The monoisotopic (exact) mass is 446 g/mol. The van der Waals surface area contributed by atoms with E-state index >= 15 is 0 Å². The Balaban J connectivity index is 1.97. The van der Waals surface area contributed by atoms with Gasteiger partial charge in [-0.15, -0.1) is 0 Å². The summed E-state index contributed by atoms with van der Waals surface area (Å²) in [6.45, 7) is -0.0838. The molecule has 24 heavy (non-hydrogen) atoms. The third-order valence-electron chi connectivity index (χ3n) is 4.02. The minimum atomic E-state index is -0.865. The first kappa shape index (κ1) is 15.5. The van der Waals surface area contributed by atoms with Crippen molar-refractivity contribution in [1.29, 1.82) is 0 Å². The van der Waals surface area contributed by atoms with E-state index in [1.165, 1.54) is 0 Å². The molecule has 0 bridgehead atoms. The van der Waals surface area contributed by atoms with Gasteiger partial charge in [0.05, 0.1) is 11.4 Å². The number of carboxylic acid groups (broad SMARTS) is 1. The highest BCUT2D eigenvalue weighted by atomic mass is 79.9. The minimum Gasteiger partial charge on any atom is -0.480 e. The molecule has 2 aromatic heterocycles. The fourth-order valence-electron chi connectivity index (χ4n) is 3.01. The lowest BCUT2D eigenvalue weighted by Gasteiger charge is -2.06. The predicted molar refractivity (Wildman–Crippen MR) is 102 cm³/mol. The maximum absolute atomic E-state index is 11.3. The Labute approximate surface area is 154 Å². The number of hydrogen-bond donors (Lipinski definition) is 2. The number of aromatic amines is 1. The molecule has 4 aromatic rings. The summed E-state index contributed by atoms with van der Waals surface area (Å²) in [5.41, 5.74) is 3.66. The average Bonchev–Trinajstić information content (AvgIpc) is 3.07. The quantitative estimate of drug-likeness (QED) is 0.441. The Hall–Kier alpha value is -2.05. The molecule has 0 aliphatic carbocycles. The Morgan fingerprint density at radius 2 is 1.75 bits per heavy atom. The summed E-state index contributed by atoms with van der Waals surface area (Å²) in [7, 11) is 0. The van der Waals surface area contributed by atoms with Crippen LogP contribution in [-0.2, 0) is 11.3 Å². The molecule has 6 heteroatoms. The van der Waals surface area contributed by atoms with E-state index in [0.717, 1.165) is 42.1 Å². The van der Waals surface area contributed by atoms with E-state index in [0.29, 0.717) is 0 Å². The molecule has 0 unspecified atom stereocenters. The van der Waals surface area contributed by atoms with Crippen molar-refractivity contribution in [2.45, 2.75) is 6.54 Å². The summed E-state index contributed by atoms with van der Waals surface area (Å²) >= 11 is 6.94. The highest BCUT2D eigenvalue weighted by Crippen LogP contribution is 2.32. The second-order valence-electron chi connectivity index (χ2n) is 5.63. The highest BCUT2D eigenvalue weighted by Gasteiger charge is 2.15. The van der Waals surface area contributed by atoms with Crippen LogP contribution in [0, 0.1) is 0 Å². The van der Waals surface area contributed by atoms with Crippen molar-refractivity contribution in [3.63, 3.8) is 0 Å². The standard InChI is InChI=1S/C18H12Br2N2O2/c19-12-3-4-16-11(5-12)7-17(22(16)9-18(23)24)15-6-10-1-2-13(20)8-14(10)21-15/h1-8,21H,9H2,(H,23,24). The number of aromatic nitrogens is 2. The number of nitrogens with zero attached hydrogens (tertiary/aromatic N) is 1. The number of benzene rings is 2. The average molecular weight is 448 g/mol. The summed E-state index contributed by atoms with van der Waals surface area (Å²) in [6.07, 6.45) is 0. The Morgan fingerprint density at radius 1 is 1.00 bits per heavy atom. The maximum Gasteiger partial charge on any atom is 0.323 e. The number of rotatable bonds is 3. The summed E-state index contributed by atoms with van der Waals surface area (Å²) in [6, 6.07) is 15.9. The Kier molecular flexibility index (Phi) is 3.73. The lowest BCUT2D eigenvalue weighted by atomic mass is 10.2. The van der Waals surface area contributed by atoms with E-state index in [1.54, 1.807) is 0 Å². The topological polar surface area (TPSA) is 58.0 Å². The van der Waals surface area contributed by atoms with Crippen LogP contribution in [0.25, 0.3) is 33.2 Å². The second-order valence-corrected chi connectivity index (χ2v) is 7.46. The third-order valence-corrected chi connectivity index (χ3v) is 5.00. The first-order valence-corrected chi connectivity index (χ1v) is 8.89. The van der Waals surface area contributed by atoms with Gasteiger partial charge in [-0.25, -0.2) is 0 Å². The van der Waals surface area contributed by atoms with E-state index in [2.05, 4.69) is 36.8 Å². The van der Waals surface area contributed by atoms with Crippen LogP contribution in [0.1, 0.15) is 0 Å². The summed E-state index contributed by atoms with van der Waals surface area (Å²) in [4.78, 5) is 14.7. The number of fused-ring (bicyclic) bond motifs is 2. The van der Waals surface area contributed by atoms with Gasteiger partial charge < -0.3 is 14.7 Å². The zero-order valence-electron chi connectivity index (χ0n) is 12.4. The van der Waals surface area contributed by atoms with Gasteiger partial charge in [0.1, 0.15) is 6.54 Å². The smallest absolute Gasteiger partial charge is 0.323 e. The van der Waals surface area contributed by atoms with Crippen molar-refractivity contribution >= 4 is 59.6 Å². The largest absolute Gasteiger partial charge is 0.480 e. The molecular weight excluding hydrogens is 436 g/mol. The van der Waals surface area contributed by atoms with Crippen molar-refractivity contribution < 1.29 is 9.90 Å². The number of H-pyrrole nitrogens is 1. The molecule has 0 radical (unpaired) electrons. The van der Waals surface area contributed by atoms with Crippen molar-refractivity contribution in [3.05, 3.63) is 57.5 Å². The molecule has 2 aromatic carbocycles. The van der Waals surface area contributed by atoms with Crippen molar-refractivity contribution in [1.82, 2.24) is 9.55 Å². The number of aliphatic carboxylic acids is 1. The molecular formula is C18H12Br2N2O2. The van der Waals surface area contributed by atoms with Crippen LogP contribution in [-0.4, -0.2) is 20.6 Å². The molecule has 120 valence electrons. The summed E-state index contributed by atoms with van der Waals surface area (Å²) in [5, 5.41) is 11.4. The number of nitrogens with one attached hydrogen (secondary N) is 1. The molecule has 4 rings (SSSR count). The maximum atomic E-state index is 11.3. The van der Waals surface area contributed by atoms with Gasteiger partial charge in [-0.05, 0) is 42.5 Å². The lowest BCUT2D eigenvalue weighted by molar-refractivity contribution is -0.137. The molecule has 0 aliphatic rings. The molecule has 0 aliphatic heterocycles. The molecule has 0 fully saturated rings. The van der Waals surface area contributed by atoms with E-state index in [-0.39, 0.29) is 6.54 Å². The zero-order chi connectivity index (χ0) is 16.8. The SMILES string of the molecule is O=C(O)Cn1c(-c2cc3ccc(Br)cc3[nH]2)cc2cc(Br)ccc21. The van der Waals surface area contributed by atoms with Gasteiger partial charge in [-0.3, -0.25) is 4.79 Å². The molecule has 2 N–H and O–H groups in total. The van der Waals surface area contributed by atoms with Crippen LogP contribution in [0.3, 0.4) is 0 Å². The second kappa shape index (κ2) is 5.79. The first-order chi connectivity index (χ1) is 11.5. The fraction of sp³-hybridized carbons (Fsp3) is 0.0556. The minimum absolute atomic E-state index is 0.0838. The zero-order valence-corrected chi connectivity index (χ0v) is 15.6. The molecule has 0 amide bonds. The third kappa shape index (κ3) is 2.65. The van der Waals surface area contributed by atoms with Gasteiger partial charge in [0.25, 0.3) is 0 Å². The number of halogens is 2. The Bertz CT molecular complexity index is 1100. The van der Waals surface area contributed by atoms with Crippen LogP contribution in [0.2, 0.25) is 0 Å². The van der Waals surface area contributed by atoms with Crippen LogP contribution in [0.4, 0.5) is 0 Å². The van der Waals surface area contributed by atoms with Crippen LogP contribution >= 0.6 is 31.9 Å². The van der Waals surface area contributed by atoms with Crippen LogP contribution in [0.5, 0.6) is 0 Å². The van der Waals surface area contributed by atoms with Crippen molar-refractivity contribution in [2.24, 2.45) is 0 Å². The van der Waals surface area contributed by atoms with Gasteiger partial charge in [-0.2, -0.15) is 0 Å². The highest BCUT2D eigenvalue weighted by molar-refractivity contribution is 9.10. The normalized spacial score (nSPS) is 11.4. The lowest BCUT2D eigenvalue weighted by Crippen LogP contribution is -2.09. The fourth-order valence-corrected chi connectivity index (χ4v) is 3.75. The number of hydrogen-bond acceptors (Lipinski definition) is 1. The van der Waals surface area contributed by atoms with E-state index < -0.39 is 5.97 Å². The van der Waals surface area contributed by atoms with Gasteiger partial charge in [0.2, 0.25) is 0 Å². The first-order valence-electron chi connectivity index (χ1n) is 7.30. The van der Waals surface area contributed by atoms with Gasteiger partial charge >= 0.3 is 5.97 Å².